The van der Waals surface area contributed by atoms with Crippen molar-refractivity contribution < 1.29 is 4.74 Å². The lowest BCUT2D eigenvalue weighted by molar-refractivity contribution is 0.261. The molecule has 0 spiro atoms. The highest BCUT2D eigenvalue weighted by molar-refractivity contribution is 5.58. The molecule has 1 N–H and O–H groups in total. The van der Waals surface area contributed by atoms with Gasteiger partial charge in [-0.2, -0.15) is 4.98 Å². The normalized spacial score (nSPS) is 10.7. The van der Waals surface area contributed by atoms with E-state index in [2.05, 4.69) is 36.1 Å². The van der Waals surface area contributed by atoms with Gasteiger partial charge in [0.05, 0.1) is 6.61 Å². The van der Waals surface area contributed by atoms with E-state index in [1.165, 1.54) is 0 Å². The number of aromatic nitrogens is 2. The highest BCUT2D eigenvalue weighted by atomic mass is 16.5. The van der Waals surface area contributed by atoms with Crippen LogP contribution in [0, 0.1) is 5.92 Å². The van der Waals surface area contributed by atoms with E-state index in [0.29, 0.717) is 24.2 Å². The van der Waals surface area contributed by atoms with Crippen LogP contribution in [0.1, 0.15) is 27.2 Å². The minimum atomic E-state index is 0.465. The predicted octanol–water partition coefficient (Wildman–Crippen LogP) is 4.00. The van der Waals surface area contributed by atoms with Crippen LogP contribution in [-0.2, 0) is 0 Å². The van der Waals surface area contributed by atoms with Crippen LogP contribution in [0.4, 0.5) is 5.82 Å². The summed E-state index contributed by atoms with van der Waals surface area (Å²) in [5.74, 6) is 2.59. The van der Waals surface area contributed by atoms with Crippen LogP contribution in [0.25, 0.3) is 11.4 Å². The van der Waals surface area contributed by atoms with Crippen LogP contribution in [0.3, 0.4) is 0 Å². The lowest BCUT2D eigenvalue weighted by Crippen LogP contribution is -2.09. The van der Waals surface area contributed by atoms with Crippen molar-refractivity contribution in [2.45, 2.75) is 27.2 Å². The fourth-order valence-corrected chi connectivity index (χ4v) is 1.81. The maximum atomic E-state index is 5.76. The molecule has 1 aromatic carbocycles. The molecular formula is C17H23N3O. The maximum absolute atomic E-state index is 5.76. The van der Waals surface area contributed by atoms with Gasteiger partial charge in [0.2, 0.25) is 5.88 Å². The molecule has 0 unspecified atom stereocenters. The van der Waals surface area contributed by atoms with Gasteiger partial charge in [-0.15, -0.1) is 0 Å². The Balaban J connectivity index is 2.28. The van der Waals surface area contributed by atoms with E-state index in [4.69, 9.17) is 4.74 Å². The van der Waals surface area contributed by atoms with Gasteiger partial charge in [-0.3, -0.25) is 0 Å². The molecule has 2 rings (SSSR count). The Hall–Kier alpha value is -2.10. The van der Waals surface area contributed by atoms with Gasteiger partial charge in [0.15, 0.2) is 5.82 Å². The molecule has 0 atom stereocenters. The fourth-order valence-electron chi connectivity index (χ4n) is 1.81. The molecule has 0 aliphatic carbocycles. The first-order chi connectivity index (χ1) is 10.2. The Labute approximate surface area is 126 Å². The molecule has 0 bridgehead atoms. The SMILES string of the molecule is CCCNc1cc(OCC(C)C)nc(-c2ccccc2)n1. The van der Waals surface area contributed by atoms with E-state index in [1.54, 1.807) is 0 Å². The first-order valence-electron chi connectivity index (χ1n) is 7.50. The van der Waals surface area contributed by atoms with Crippen LogP contribution >= 0.6 is 0 Å². The van der Waals surface area contributed by atoms with Crippen molar-refractivity contribution >= 4 is 5.82 Å². The van der Waals surface area contributed by atoms with Gasteiger partial charge in [0, 0.05) is 18.2 Å². The molecule has 0 radical (unpaired) electrons. The second-order valence-corrected chi connectivity index (χ2v) is 5.41. The Morgan fingerprint density at radius 3 is 2.57 bits per heavy atom. The third kappa shape index (κ3) is 4.74. The molecule has 1 aromatic heterocycles. The van der Waals surface area contributed by atoms with E-state index in [1.807, 2.05) is 36.4 Å². The van der Waals surface area contributed by atoms with Crippen molar-refractivity contribution in [1.82, 2.24) is 9.97 Å². The van der Waals surface area contributed by atoms with Crippen molar-refractivity contribution in [1.29, 1.82) is 0 Å². The minimum absolute atomic E-state index is 0.465. The molecule has 2 aromatic rings. The third-order valence-corrected chi connectivity index (χ3v) is 2.86. The number of rotatable bonds is 7. The van der Waals surface area contributed by atoms with Crippen LogP contribution in [0.5, 0.6) is 5.88 Å². The van der Waals surface area contributed by atoms with Gasteiger partial charge in [-0.05, 0) is 12.3 Å². The zero-order chi connectivity index (χ0) is 15.1. The molecule has 0 saturated heterocycles. The molecule has 0 saturated carbocycles. The highest BCUT2D eigenvalue weighted by Gasteiger charge is 2.08. The molecule has 0 aliphatic rings. The van der Waals surface area contributed by atoms with Crippen molar-refractivity contribution in [3.63, 3.8) is 0 Å². The smallest absolute Gasteiger partial charge is 0.219 e. The van der Waals surface area contributed by atoms with E-state index < -0.39 is 0 Å². The van der Waals surface area contributed by atoms with Crippen LogP contribution in [-0.4, -0.2) is 23.1 Å². The van der Waals surface area contributed by atoms with Gasteiger partial charge in [-0.1, -0.05) is 51.1 Å². The largest absolute Gasteiger partial charge is 0.477 e. The van der Waals surface area contributed by atoms with Gasteiger partial charge >= 0.3 is 0 Å². The molecule has 0 amide bonds. The average molecular weight is 285 g/mol. The summed E-state index contributed by atoms with van der Waals surface area (Å²) < 4.78 is 5.76. The first kappa shape index (κ1) is 15.3. The van der Waals surface area contributed by atoms with Crippen molar-refractivity contribution in [2.24, 2.45) is 5.92 Å². The standard InChI is InChI=1S/C17H23N3O/c1-4-10-18-15-11-16(21-12-13(2)3)20-17(19-15)14-8-6-5-7-9-14/h5-9,11,13H,4,10,12H2,1-3H3,(H,18,19,20). The lowest BCUT2D eigenvalue weighted by Gasteiger charge is -2.12. The van der Waals surface area contributed by atoms with Gasteiger partial charge in [0.25, 0.3) is 0 Å². The van der Waals surface area contributed by atoms with E-state index in [-0.39, 0.29) is 0 Å². The molecule has 0 aliphatic heterocycles. The summed E-state index contributed by atoms with van der Waals surface area (Å²) in [6.07, 6.45) is 1.05. The predicted molar refractivity (Wildman–Crippen MR) is 86.6 cm³/mol. The van der Waals surface area contributed by atoms with Gasteiger partial charge in [0.1, 0.15) is 5.82 Å². The number of benzene rings is 1. The summed E-state index contributed by atoms with van der Waals surface area (Å²) in [7, 11) is 0. The monoisotopic (exact) mass is 285 g/mol. The molecule has 112 valence electrons. The number of hydrogen-bond donors (Lipinski definition) is 1. The Bertz CT molecular complexity index is 555. The molecular weight excluding hydrogens is 262 g/mol. The summed E-state index contributed by atoms with van der Waals surface area (Å²) in [5, 5.41) is 3.30. The number of ether oxygens (including phenoxy) is 1. The molecule has 1 heterocycles. The van der Waals surface area contributed by atoms with Crippen molar-refractivity contribution in [2.75, 3.05) is 18.5 Å². The van der Waals surface area contributed by atoms with Gasteiger partial charge in [-0.25, -0.2) is 4.98 Å². The van der Waals surface area contributed by atoms with Crippen LogP contribution < -0.4 is 10.1 Å². The van der Waals surface area contributed by atoms with Crippen LogP contribution in [0.2, 0.25) is 0 Å². The van der Waals surface area contributed by atoms with Crippen LogP contribution in [0.15, 0.2) is 36.4 Å². The number of nitrogens with zero attached hydrogens (tertiary/aromatic N) is 2. The molecule has 21 heavy (non-hydrogen) atoms. The minimum Gasteiger partial charge on any atom is -0.477 e. The quantitative estimate of drug-likeness (QED) is 0.835. The zero-order valence-electron chi connectivity index (χ0n) is 13.0. The zero-order valence-corrected chi connectivity index (χ0v) is 13.0. The Kier molecular flexibility index (Phi) is 5.55. The molecule has 0 fully saturated rings. The highest BCUT2D eigenvalue weighted by Crippen LogP contribution is 2.21. The summed E-state index contributed by atoms with van der Waals surface area (Å²) in [6.45, 7) is 7.90. The van der Waals surface area contributed by atoms with E-state index in [9.17, 15) is 0 Å². The summed E-state index contributed by atoms with van der Waals surface area (Å²) in [5.41, 5.74) is 0.993. The summed E-state index contributed by atoms with van der Waals surface area (Å²) in [6, 6.07) is 11.8. The van der Waals surface area contributed by atoms with E-state index >= 15 is 0 Å². The second-order valence-electron chi connectivity index (χ2n) is 5.41. The molecule has 4 nitrogen and oxygen atoms in total. The number of nitrogens with one attached hydrogen (secondary N) is 1. The maximum Gasteiger partial charge on any atom is 0.219 e. The topological polar surface area (TPSA) is 47.0 Å². The lowest BCUT2D eigenvalue weighted by atomic mass is 10.2. The van der Waals surface area contributed by atoms with E-state index in [0.717, 1.165) is 24.3 Å². The Morgan fingerprint density at radius 1 is 1.14 bits per heavy atom. The summed E-state index contributed by atoms with van der Waals surface area (Å²) >= 11 is 0. The number of hydrogen-bond acceptors (Lipinski definition) is 4. The van der Waals surface area contributed by atoms with Crippen molar-refractivity contribution in [3.8, 4) is 17.3 Å². The fraction of sp³-hybridized carbons (Fsp3) is 0.412. The second kappa shape index (κ2) is 7.62. The third-order valence-electron chi connectivity index (χ3n) is 2.86. The average Bonchev–Trinajstić information content (AvgIpc) is 2.51. The Morgan fingerprint density at radius 2 is 1.90 bits per heavy atom. The van der Waals surface area contributed by atoms with Gasteiger partial charge < -0.3 is 10.1 Å². The number of anilines is 1. The summed E-state index contributed by atoms with van der Waals surface area (Å²) in [4.78, 5) is 9.08. The molecule has 4 heteroatoms. The first-order valence-corrected chi connectivity index (χ1v) is 7.50. The van der Waals surface area contributed by atoms with Crippen molar-refractivity contribution in [3.05, 3.63) is 36.4 Å².